The minimum Gasteiger partial charge on any atom is -0.548 e. The number of aromatic nitrogens is 1. The zero-order valence-electron chi connectivity index (χ0n) is 57.5. The molecule has 0 fully saturated rings. The number of carbonyl (C=O) groups excluding carboxylic acids is 14. The molecule has 0 aliphatic heterocycles. The molecule has 23 N–H and O–H groups in total. The van der Waals surface area contributed by atoms with E-state index in [-0.39, 0.29) is 48.9 Å². The van der Waals surface area contributed by atoms with Gasteiger partial charge in [0.2, 0.25) is 76.8 Å². The van der Waals surface area contributed by atoms with Gasteiger partial charge in [-0.15, -0.1) is 0 Å². The molecule has 1 aromatic carbocycles. The van der Waals surface area contributed by atoms with Gasteiger partial charge in [-0.1, -0.05) is 106 Å². The average molecular weight is 1400 g/mol. The number of fused-ring (bicyclic) bond motifs is 1. The number of rotatable bonds is 46. The Kier molecular flexibility index (Phi) is 39.8. The minimum absolute atomic E-state index is 0. The number of amides is 13. The second kappa shape index (κ2) is 44.2. The van der Waals surface area contributed by atoms with Crippen LogP contribution in [0, 0.1) is 23.7 Å². The largest absolute Gasteiger partial charge is 1.00 e. The molecule has 98 heavy (non-hydrogen) atoms. The van der Waals surface area contributed by atoms with Crippen LogP contribution in [0.1, 0.15) is 145 Å². The molecule has 12 unspecified atom stereocenters. The van der Waals surface area contributed by atoms with Crippen LogP contribution in [0.25, 0.3) is 10.9 Å². The van der Waals surface area contributed by atoms with Crippen molar-refractivity contribution in [1.29, 1.82) is 0 Å². The van der Waals surface area contributed by atoms with Gasteiger partial charge in [0, 0.05) is 29.9 Å². The summed E-state index contributed by atoms with van der Waals surface area (Å²) in [5.41, 5.74) is 23.1. The van der Waals surface area contributed by atoms with Gasteiger partial charge in [0.25, 0.3) is 0 Å². The van der Waals surface area contributed by atoms with Gasteiger partial charge in [-0.05, 0) is 61.6 Å². The Labute approximate surface area is 591 Å². The van der Waals surface area contributed by atoms with E-state index in [1.54, 1.807) is 44.3 Å². The fourth-order valence-corrected chi connectivity index (χ4v) is 10.1. The Morgan fingerprint density at radius 1 is 0.490 bits per heavy atom. The Hall–Kier alpha value is -7.86. The molecule has 0 saturated heterocycles. The maximum atomic E-state index is 14.2. The molecular weight excluding hydrogens is 1290 g/mol. The number of nitrogens with two attached hydrogens (primary N) is 4. The molecule has 1 heterocycles. The van der Waals surface area contributed by atoms with Crippen LogP contribution < -0.4 is 111 Å². The minimum atomic E-state index is -2.06. The van der Waals surface area contributed by atoms with E-state index in [0.717, 1.165) is 26.2 Å². The Morgan fingerprint density at radius 3 is 1.41 bits per heavy atom. The van der Waals surface area contributed by atoms with E-state index >= 15 is 0 Å². The second-order valence-electron chi connectivity index (χ2n) is 25.4. The molecule has 0 aliphatic carbocycles. The number of hydrogen-bond donors (Lipinski definition) is 19. The van der Waals surface area contributed by atoms with Crippen molar-refractivity contribution in [3.8, 4) is 0 Å². The van der Waals surface area contributed by atoms with Crippen LogP contribution in [0.2, 0.25) is 0 Å². The third-order valence-corrected chi connectivity index (χ3v) is 15.9. The number of nitrogens with one attached hydrogen (secondary N) is 11. The van der Waals surface area contributed by atoms with Crippen molar-refractivity contribution in [3.05, 3.63) is 36.0 Å². The van der Waals surface area contributed by atoms with Gasteiger partial charge in [-0.2, -0.15) is 0 Å². The Balaban J connectivity index is 0.0000480. The molecule has 34 nitrogen and oxygen atoms in total. The molecule has 0 spiro atoms. The number of aliphatic hydroxyl groups excluding tert-OH is 4. The van der Waals surface area contributed by atoms with Crippen molar-refractivity contribution in [2.45, 2.75) is 225 Å². The predicted molar refractivity (Wildman–Crippen MR) is 348 cm³/mol. The van der Waals surface area contributed by atoms with Gasteiger partial charge in [-0.3, -0.25) is 62.3 Å². The number of aromatic amines is 1. The first kappa shape index (κ1) is 88.2. The molecule has 13 amide bonds. The summed E-state index contributed by atoms with van der Waals surface area (Å²) in [5.74, 6) is -18.1. The maximum absolute atomic E-state index is 14.2. The summed E-state index contributed by atoms with van der Waals surface area (Å²) < 4.78 is 0. The van der Waals surface area contributed by atoms with Gasteiger partial charge in [0.05, 0.1) is 62.6 Å². The SMILES string of the molecule is CC[C@@H](C)C(NC(=O)C(Cc1c[nH]c2ccccc12)NC(=O)C(CO)NC(=O)C(NC(=O)C(CC(O)CCN)NC(=O)C(CC(N)=O)NC(=O)C(CC(N)=O)NC(=O)C(NC(=O)C(NC(=O)C(CC(N)=O)NC(=O)CC(O)CCCCCC(C)C)C(C)C)C(C)C)[C@@H](C)O)C(=O)[O-].[Na+]. The summed E-state index contributed by atoms with van der Waals surface area (Å²) in [6.45, 7) is 13.1. The molecule has 14 atom stereocenters. The summed E-state index contributed by atoms with van der Waals surface area (Å²) in [6, 6.07) is -10.7. The number of hydrogen-bond acceptors (Lipinski definition) is 20. The van der Waals surface area contributed by atoms with Crippen molar-refractivity contribution in [2.24, 2.45) is 46.6 Å². The number of primary amides is 3. The maximum Gasteiger partial charge on any atom is 1.00 e. The molecule has 0 saturated carbocycles. The van der Waals surface area contributed by atoms with Gasteiger partial charge in [0.15, 0.2) is 0 Å². The zero-order valence-corrected chi connectivity index (χ0v) is 59.5. The average Bonchev–Trinajstić information content (AvgIpc) is 1.60. The Morgan fingerprint density at radius 2 is 0.908 bits per heavy atom. The van der Waals surface area contributed by atoms with Crippen molar-refractivity contribution < 1.29 is 122 Å². The summed E-state index contributed by atoms with van der Waals surface area (Å²) in [4.78, 5) is 191. The number of benzene rings is 1. The number of aliphatic carboxylic acids is 1. The van der Waals surface area contributed by atoms with Crippen LogP contribution in [0.5, 0.6) is 0 Å². The third kappa shape index (κ3) is 30.9. The summed E-state index contributed by atoms with van der Waals surface area (Å²) >= 11 is 0. The van der Waals surface area contributed by atoms with Crippen LogP contribution in [0.15, 0.2) is 30.5 Å². The fourth-order valence-electron chi connectivity index (χ4n) is 10.1. The first-order chi connectivity index (χ1) is 45.4. The van der Waals surface area contributed by atoms with Gasteiger partial charge < -0.3 is 111 Å². The molecule has 2 rings (SSSR count). The van der Waals surface area contributed by atoms with E-state index in [1.165, 1.54) is 27.7 Å². The van der Waals surface area contributed by atoms with Crippen LogP contribution in [-0.2, 0) is 73.5 Å². The van der Waals surface area contributed by atoms with Gasteiger partial charge >= 0.3 is 29.6 Å². The summed E-state index contributed by atoms with van der Waals surface area (Å²) in [6.07, 6.45) is -3.05. The Bertz CT molecular complexity index is 3020. The number of H-pyrrole nitrogens is 1. The molecule has 544 valence electrons. The summed E-state index contributed by atoms with van der Waals surface area (Å²) in [7, 11) is 0. The number of carboxylic acids is 1. The van der Waals surface area contributed by atoms with E-state index in [4.69, 9.17) is 22.9 Å². The second-order valence-corrected chi connectivity index (χ2v) is 25.4. The fraction of sp³-hybridized carbons (Fsp3) is 0.651. The number of unbranched alkanes of at least 4 members (excludes halogenated alkanes) is 2. The molecular formula is C63H102N15NaO19. The first-order valence-corrected chi connectivity index (χ1v) is 32.4. The predicted octanol–water partition coefficient (Wildman–Crippen LogP) is -8.87. The van der Waals surface area contributed by atoms with Crippen LogP contribution in [0.3, 0.4) is 0 Å². The van der Waals surface area contributed by atoms with Gasteiger partial charge in [-0.25, -0.2) is 0 Å². The van der Waals surface area contributed by atoms with E-state index in [0.29, 0.717) is 41.6 Å². The number of para-hydroxylation sites is 1. The quantitative estimate of drug-likeness (QED) is 0.0216. The number of carboxylic acid groups (broad SMARTS) is 1. The van der Waals surface area contributed by atoms with Crippen molar-refractivity contribution in [3.63, 3.8) is 0 Å². The van der Waals surface area contributed by atoms with Crippen molar-refractivity contribution in [2.75, 3.05) is 13.2 Å². The normalized spacial score (nSPS) is 15.6. The summed E-state index contributed by atoms with van der Waals surface area (Å²) in [5, 5.41) is 78.6. The first-order valence-electron chi connectivity index (χ1n) is 32.4. The van der Waals surface area contributed by atoms with Crippen LogP contribution in [0.4, 0.5) is 0 Å². The van der Waals surface area contributed by atoms with Gasteiger partial charge in [0.1, 0.15) is 54.4 Å². The van der Waals surface area contributed by atoms with E-state index in [2.05, 4.69) is 72.0 Å². The zero-order chi connectivity index (χ0) is 73.6. The topological polar surface area (TPSA) is 583 Å². The van der Waals surface area contributed by atoms with Crippen LogP contribution >= 0.6 is 0 Å². The molecule has 0 aliphatic rings. The van der Waals surface area contributed by atoms with E-state index in [9.17, 15) is 92.7 Å². The number of aliphatic hydroxyl groups is 4. The van der Waals surface area contributed by atoms with Crippen molar-refractivity contribution in [1.82, 2.24) is 58.2 Å². The van der Waals surface area contributed by atoms with Crippen molar-refractivity contribution >= 4 is 93.7 Å². The monoisotopic (exact) mass is 1400 g/mol. The standard InChI is InChI=1S/C63H103N15O19.Na/c1-10-33(8)52(63(96)97)77-56(89)40(22-35-28-68-39-19-15-14-18-38(35)39)70-59(92)45(29-79)74-62(95)53(34(9)80)78-57(90)41(23-37(82)20-21-64)71-54(87)43(26-47(66)84)72-55(88)44(27-48(67)85)73-60(93)50(31(4)5)76-61(94)51(32(6)7)75-58(91)42(25-46(65)83)69-49(86)24-36(81)17-13-11-12-16-30(2)3;/h14-15,18-19,28,30-34,36-37,40-45,50-53,68,79-82H,10-13,16-17,20-27,29,64H2,1-9H3,(H2,65,83)(H2,66,84)(H2,67,85)(H,69,86)(H,70,92)(H,71,87)(H,72,88)(H,73,93)(H,74,95)(H,75,91)(H,76,94)(H,77,89)(H,78,90)(H,96,97);/q;+1/p-1/t33-,34-,36?,37?,40?,41?,42?,43?,44?,45?,50?,51?,52?,53?;/m1./s1. The van der Waals surface area contributed by atoms with Crippen LogP contribution in [-0.4, -0.2) is 200 Å². The molecule has 35 heteroatoms. The molecule has 1 aromatic heterocycles. The molecule has 0 radical (unpaired) electrons. The molecule has 0 bridgehead atoms. The smallest absolute Gasteiger partial charge is 0.548 e. The third-order valence-electron chi connectivity index (χ3n) is 15.9. The molecule has 2 aromatic rings. The van der Waals surface area contributed by atoms with E-state index < -0.39 is 218 Å². The number of carbonyl (C=O) groups is 14. The van der Waals surface area contributed by atoms with E-state index in [1.807, 2.05) is 0 Å².